The fraction of sp³-hybridized carbons (Fsp3) is 0.308. The molecule has 0 radical (unpaired) electrons. The number of rotatable bonds is 4. The summed E-state index contributed by atoms with van der Waals surface area (Å²) in [6.07, 6.45) is 1.28. The molecule has 0 aromatic carbocycles. The Kier molecular flexibility index (Phi) is 5.60. The van der Waals surface area contributed by atoms with Gasteiger partial charge in [0.05, 0.1) is 6.07 Å². The van der Waals surface area contributed by atoms with Crippen molar-refractivity contribution < 1.29 is 23.7 Å². The van der Waals surface area contributed by atoms with Gasteiger partial charge in [0, 0.05) is 0 Å². The minimum atomic E-state index is -0.892. The Labute approximate surface area is 131 Å². The lowest BCUT2D eigenvalue weighted by Gasteiger charge is -2.19. The highest BCUT2D eigenvalue weighted by Crippen LogP contribution is 2.16. The Hall–Kier alpha value is -3.17. The summed E-state index contributed by atoms with van der Waals surface area (Å²) in [5.41, 5.74) is -0.754. The first-order valence-corrected chi connectivity index (χ1v) is 6.37. The van der Waals surface area contributed by atoms with Crippen LogP contribution in [0.2, 0.25) is 0 Å². The number of carbonyl (C=O) groups is 2. The molecule has 0 saturated heterocycles. The van der Waals surface area contributed by atoms with Crippen LogP contribution in [-0.2, 0) is 9.53 Å². The van der Waals surface area contributed by atoms with E-state index in [2.05, 4.69) is 10.4 Å². The molecule has 0 spiro atoms. The average Bonchev–Trinajstić information content (AvgIpc) is 2.89. The molecule has 10 heteroatoms. The Morgan fingerprint density at radius 2 is 2.09 bits per heavy atom. The number of nitrogens with two attached hydrogens (primary N) is 1. The van der Waals surface area contributed by atoms with E-state index in [0.29, 0.717) is 0 Å². The number of alkyl carbamates (subject to hydrolysis) is 1. The van der Waals surface area contributed by atoms with Gasteiger partial charge in [-0.25, -0.2) is 4.79 Å². The normalized spacial score (nSPS) is 12.2. The number of ketones is 1. The van der Waals surface area contributed by atoms with Crippen LogP contribution in [0.5, 0.6) is 0 Å². The smallest absolute Gasteiger partial charge is 0.433 e. The molecule has 1 aromatic heterocycles. The minimum Gasteiger partial charge on any atom is -0.444 e. The molecule has 23 heavy (non-hydrogen) atoms. The van der Waals surface area contributed by atoms with Gasteiger partial charge in [0.2, 0.25) is 11.6 Å². The molecule has 3 N–H and O–H groups in total. The minimum absolute atomic E-state index is 0.0821. The van der Waals surface area contributed by atoms with Crippen LogP contribution in [0.4, 0.5) is 10.7 Å². The molecule has 0 atom stereocenters. The van der Waals surface area contributed by atoms with Crippen molar-refractivity contribution in [3.05, 3.63) is 34.1 Å². The molecule has 0 aliphatic carbocycles. The van der Waals surface area contributed by atoms with Crippen LogP contribution >= 0.6 is 0 Å². The lowest BCUT2D eigenvalue weighted by atomic mass is 10.2. The van der Waals surface area contributed by atoms with Crippen molar-refractivity contribution in [2.24, 2.45) is 10.9 Å². The Morgan fingerprint density at radius 1 is 1.43 bits per heavy atom. The van der Waals surface area contributed by atoms with Crippen LogP contribution in [0.25, 0.3) is 6.08 Å². The highest BCUT2D eigenvalue weighted by molar-refractivity contribution is 6.45. The van der Waals surface area contributed by atoms with Gasteiger partial charge >= 0.3 is 12.0 Å². The number of ether oxygens (including phenoxy) is 1. The van der Waals surface area contributed by atoms with Crippen LogP contribution in [0, 0.1) is 10.1 Å². The van der Waals surface area contributed by atoms with E-state index >= 15 is 0 Å². The van der Waals surface area contributed by atoms with Gasteiger partial charge in [-0.3, -0.25) is 20.2 Å². The van der Waals surface area contributed by atoms with E-state index in [4.69, 9.17) is 15.0 Å². The fourth-order valence-corrected chi connectivity index (χ4v) is 1.32. The van der Waals surface area contributed by atoms with E-state index in [1.165, 1.54) is 12.1 Å². The molecule has 0 unspecified atom stereocenters. The lowest BCUT2D eigenvalue weighted by Crippen LogP contribution is -2.40. The lowest BCUT2D eigenvalue weighted by molar-refractivity contribution is -0.402. The van der Waals surface area contributed by atoms with Gasteiger partial charge in [-0.2, -0.15) is 5.10 Å². The van der Waals surface area contributed by atoms with Crippen molar-refractivity contribution in [2.75, 3.05) is 0 Å². The molecule has 0 saturated carbocycles. The molecule has 0 fully saturated rings. The molecule has 10 nitrogen and oxygen atoms in total. The number of hydrogen-bond acceptors (Lipinski definition) is 8. The first-order valence-electron chi connectivity index (χ1n) is 6.37. The number of amides is 1. The number of hydrazone groups is 1. The largest absolute Gasteiger partial charge is 0.444 e. The van der Waals surface area contributed by atoms with E-state index in [9.17, 15) is 19.7 Å². The maximum atomic E-state index is 11.8. The van der Waals surface area contributed by atoms with Gasteiger partial charge in [-0.15, -0.1) is 0 Å². The van der Waals surface area contributed by atoms with Crippen LogP contribution in [0.15, 0.2) is 27.7 Å². The summed E-state index contributed by atoms with van der Waals surface area (Å²) >= 11 is 0. The van der Waals surface area contributed by atoms with Gasteiger partial charge in [0.25, 0.3) is 0 Å². The van der Waals surface area contributed by atoms with Gasteiger partial charge < -0.3 is 15.0 Å². The molecular formula is C13H16N4O6. The zero-order chi connectivity index (χ0) is 17.6. The average molecular weight is 324 g/mol. The molecule has 0 bridgehead atoms. The zero-order valence-corrected chi connectivity index (χ0v) is 12.7. The number of amidine groups is 1. The summed E-state index contributed by atoms with van der Waals surface area (Å²) in [7, 11) is 0. The summed E-state index contributed by atoms with van der Waals surface area (Å²) in [5.74, 6) is 3.48. The van der Waals surface area contributed by atoms with E-state index in [1.54, 1.807) is 20.8 Å². The third kappa shape index (κ3) is 5.99. The number of furan rings is 1. The van der Waals surface area contributed by atoms with Crippen molar-refractivity contribution in [3.8, 4) is 0 Å². The molecular weight excluding hydrogens is 308 g/mol. The van der Waals surface area contributed by atoms with Crippen molar-refractivity contribution in [1.29, 1.82) is 0 Å². The van der Waals surface area contributed by atoms with E-state index in [0.717, 1.165) is 12.1 Å². The van der Waals surface area contributed by atoms with Gasteiger partial charge in [-0.1, -0.05) is 0 Å². The van der Waals surface area contributed by atoms with E-state index < -0.39 is 34.1 Å². The monoisotopic (exact) mass is 324 g/mol. The van der Waals surface area contributed by atoms with Crippen molar-refractivity contribution >= 4 is 29.7 Å². The van der Waals surface area contributed by atoms with Gasteiger partial charge in [0.1, 0.15) is 16.3 Å². The summed E-state index contributed by atoms with van der Waals surface area (Å²) in [6.45, 7) is 4.95. The second kappa shape index (κ2) is 7.20. The topological polar surface area (TPSA) is 150 Å². The highest BCUT2D eigenvalue weighted by Gasteiger charge is 2.19. The summed E-state index contributed by atoms with van der Waals surface area (Å²) in [5, 5.41) is 15.7. The molecule has 1 aromatic rings. The summed E-state index contributed by atoms with van der Waals surface area (Å²) in [4.78, 5) is 33.1. The third-order valence-corrected chi connectivity index (χ3v) is 2.17. The summed E-state index contributed by atoms with van der Waals surface area (Å²) < 4.78 is 9.79. The van der Waals surface area contributed by atoms with Crippen LogP contribution in [-0.4, -0.2) is 28.2 Å². The third-order valence-electron chi connectivity index (χ3n) is 2.17. The van der Waals surface area contributed by atoms with Gasteiger partial charge in [-0.05, 0) is 39.0 Å². The van der Waals surface area contributed by atoms with E-state index in [1.807, 2.05) is 0 Å². The molecule has 1 rings (SSSR count). The standard InChI is InChI=1S/C13H16N4O6/c1-13(2,3)23-12(19)15-11(16-14)9(18)6-4-8-5-7-10(22-8)17(20)21/h4-7H,14H2,1-3H3,(H,15,16,19). The molecule has 0 aliphatic heterocycles. The van der Waals surface area contributed by atoms with Gasteiger partial charge in [0.15, 0.2) is 0 Å². The maximum absolute atomic E-state index is 11.8. The molecule has 1 amide bonds. The number of hydrogen-bond donors (Lipinski definition) is 2. The predicted octanol–water partition coefficient (Wildman–Crippen LogP) is 1.57. The fourth-order valence-electron chi connectivity index (χ4n) is 1.32. The highest BCUT2D eigenvalue weighted by atomic mass is 16.6. The van der Waals surface area contributed by atoms with Crippen molar-refractivity contribution in [3.63, 3.8) is 0 Å². The first-order chi connectivity index (χ1) is 10.6. The number of nitro groups is 1. The molecule has 124 valence electrons. The predicted molar refractivity (Wildman–Crippen MR) is 80.4 cm³/mol. The SMILES string of the molecule is CC(C)(C)OC(=O)NC(=NN)C(=O)C=Cc1ccc([N+](=O)[O-])o1. The number of nitrogens with zero attached hydrogens (tertiary/aromatic N) is 2. The first kappa shape index (κ1) is 17.9. The summed E-state index contributed by atoms with van der Waals surface area (Å²) in [6, 6.07) is 2.45. The van der Waals surface area contributed by atoms with Crippen LogP contribution < -0.4 is 11.2 Å². The number of carbonyl (C=O) groups excluding carboxylic acids is 2. The number of nitrogens with one attached hydrogen (secondary N) is 1. The van der Waals surface area contributed by atoms with Crippen molar-refractivity contribution in [1.82, 2.24) is 5.32 Å². The second-order valence-corrected chi connectivity index (χ2v) is 5.24. The Bertz CT molecular complexity index is 668. The Morgan fingerprint density at radius 3 is 2.57 bits per heavy atom. The van der Waals surface area contributed by atoms with Crippen LogP contribution in [0.3, 0.4) is 0 Å². The quantitative estimate of drug-likeness (QED) is 0.213. The Balaban J connectivity index is 2.71. The second-order valence-electron chi connectivity index (χ2n) is 5.24. The zero-order valence-electron chi connectivity index (χ0n) is 12.7. The maximum Gasteiger partial charge on any atom is 0.433 e. The van der Waals surface area contributed by atoms with Crippen molar-refractivity contribution in [2.45, 2.75) is 26.4 Å². The van der Waals surface area contributed by atoms with E-state index in [-0.39, 0.29) is 5.76 Å². The van der Waals surface area contributed by atoms with Crippen LogP contribution in [0.1, 0.15) is 26.5 Å². The molecule has 1 heterocycles. The molecule has 0 aliphatic rings.